The molecule has 0 aliphatic heterocycles. The fourth-order valence-corrected chi connectivity index (χ4v) is 1.50. The molecule has 1 aromatic carbocycles. The maximum absolute atomic E-state index is 9.13. The van der Waals surface area contributed by atoms with E-state index in [0.717, 1.165) is 25.2 Å². The van der Waals surface area contributed by atoms with Crippen molar-refractivity contribution in [3.8, 4) is 5.75 Å². The Bertz CT molecular complexity index is 408. The number of aromatic hydroxyl groups is 1. The monoisotopic (exact) mass is 217 g/mol. The molecular formula is C12H15N3O. The lowest BCUT2D eigenvalue weighted by Crippen LogP contribution is -2.16. The van der Waals surface area contributed by atoms with Crippen molar-refractivity contribution < 1.29 is 5.11 Å². The number of phenols is 1. The van der Waals surface area contributed by atoms with Crippen LogP contribution in [-0.4, -0.2) is 21.6 Å². The number of hydrogen-bond donors (Lipinski definition) is 3. The van der Waals surface area contributed by atoms with Gasteiger partial charge in [0.1, 0.15) is 5.75 Å². The number of nitrogens with zero attached hydrogens (tertiary/aromatic N) is 1. The Labute approximate surface area is 94.4 Å². The third kappa shape index (κ3) is 3.10. The topological polar surface area (TPSA) is 60.9 Å². The molecule has 2 aromatic rings. The normalized spacial score (nSPS) is 10.5. The highest BCUT2D eigenvalue weighted by atomic mass is 16.3. The summed E-state index contributed by atoms with van der Waals surface area (Å²) in [4.78, 5) is 6.98. The summed E-state index contributed by atoms with van der Waals surface area (Å²) in [5.41, 5.74) is 2.31. The standard InChI is InChI=1S/C12H15N3O/c16-12-3-1-10(2-4-12)5-6-13-7-11-8-14-9-15-11/h1-4,8-9,13,16H,5-7H2,(H,14,15). The van der Waals surface area contributed by atoms with Gasteiger partial charge in [0.2, 0.25) is 0 Å². The van der Waals surface area contributed by atoms with Crippen LogP contribution in [0.5, 0.6) is 5.75 Å². The highest BCUT2D eigenvalue weighted by Gasteiger charge is 1.95. The minimum absolute atomic E-state index is 0.314. The average Bonchev–Trinajstić information content (AvgIpc) is 2.80. The fourth-order valence-electron chi connectivity index (χ4n) is 1.50. The van der Waals surface area contributed by atoms with Crippen LogP contribution in [0.2, 0.25) is 0 Å². The zero-order chi connectivity index (χ0) is 11.2. The van der Waals surface area contributed by atoms with Crippen LogP contribution in [-0.2, 0) is 13.0 Å². The van der Waals surface area contributed by atoms with Crippen LogP contribution in [0, 0.1) is 0 Å². The van der Waals surface area contributed by atoms with Crippen molar-refractivity contribution in [3.63, 3.8) is 0 Å². The van der Waals surface area contributed by atoms with Gasteiger partial charge in [-0.25, -0.2) is 4.98 Å². The first-order chi connectivity index (χ1) is 7.84. The molecule has 0 bridgehead atoms. The molecule has 4 heteroatoms. The molecule has 84 valence electrons. The van der Waals surface area contributed by atoms with Crippen LogP contribution in [0.25, 0.3) is 0 Å². The Morgan fingerprint density at radius 3 is 2.75 bits per heavy atom. The number of aromatic amines is 1. The van der Waals surface area contributed by atoms with E-state index in [9.17, 15) is 0 Å². The predicted octanol–water partition coefficient (Wildman–Crippen LogP) is 1.45. The molecule has 0 atom stereocenters. The molecule has 1 heterocycles. The van der Waals surface area contributed by atoms with Crippen LogP contribution in [0.1, 0.15) is 11.3 Å². The minimum Gasteiger partial charge on any atom is -0.508 e. The number of H-pyrrole nitrogens is 1. The number of rotatable bonds is 5. The third-order valence-electron chi connectivity index (χ3n) is 2.40. The second-order valence-electron chi connectivity index (χ2n) is 3.67. The Morgan fingerprint density at radius 2 is 2.06 bits per heavy atom. The van der Waals surface area contributed by atoms with Crippen LogP contribution < -0.4 is 5.32 Å². The molecule has 4 nitrogen and oxygen atoms in total. The van der Waals surface area contributed by atoms with Crippen molar-refractivity contribution in [3.05, 3.63) is 48.0 Å². The van der Waals surface area contributed by atoms with Crippen LogP contribution in [0.4, 0.5) is 0 Å². The van der Waals surface area contributed by atoms with Gasteiger partial charge in [-0.05, 0) is 30.7 Å². The molecule has 0 aliphatic carbocycles. The summed E-state index contributed by atoms with van der Waals surface area (Å²) >= 11 is 0. The van der Waals surface area contributed by atoms with Crippen molar-refractivity contribution in [2.45, 2.75) is 13.0 Å². The molecule has 0 saturated carbocycles. The Balaban J connectivity index is 1.70. The van der Waals surface area contributed by atoms with Crippen LogP contribution in [0.3, 0.4) is 0 Å². The van der Waals surface area contributed by atoms with Crippen molar-refractivity contribution in [2.24, 2.45) is 0 Å². The molecule has 3 N–H and O–H groups in total. The van der Waals surface area contributed by atoms with E-state index in [1.54, 1.807) is 18.5 Å². The summed E-state index contributed by atoms with van der Waals surface area (Å²) < 4.78 is 0. The zero-order valence-corrected chi connectivity index (χ0v) is 8.98. The second-order valence-corrected chi connectivity index (χ2v) is 3.67. The maximum Gasteiger partial charge on any atom is 0.115 e. The molecule has 0 unspecified atom stereocenters. The van der Waals surface area contributed by atoms with Gasteiger partial charge >= 0.3 is 0 Å². The number of phenolic OH excluding ortho intramolecular Hbond substituents is 1. The fraction of sp³-hybridized carbons (Fsp3) is 0.250. The SMILES string of the molecule is Oc1ccc(CCNCc2cnc[nH]2)cc1. The first-order valence-corrected chi connectivity index (χ1v) is 5.30. The molecule has 0 saturated heterocycles. The Kier molecular flexibility index (Phi) is 3.56. The lowest BCUT2D eigenvalue weighted by Gasteiger charge is -2.03. The van der Waals surface area contributed by atoms with Gasteiger partial charge in [-0.2, -0.15) is 0 Å². The molecular weight excluding hydrogens is 202 g/mol. The molecule has 0 radical (unpaired) electrons. The van der Waals surface area contributed by atoms with Crippen molar-refractivity contribution in [2.75, 3.05) is 6.54 Å². The average molecular weight is 217 g/mol. The van der Waals surface area contributed by atoms with Gasteiger partial charge in [-0.3, -0.25) is 0 Å². The largest absolute Gasteiger partial charge is 0.508 e. The number of imidazole rings is 1. The van der Waals surface area contributed by atoms with Gasteiger partial charge in [0, 0.05) is 18.4 Å². The van der Waals surface area contributed by atoms with E-state index in [-0.39, 0.29) is 0 Å². The number of nitrogens with one attached hydrogen (secondary N) is 2. The predicted molar refractivity (Wildman–Crippen MR) is 62.1 cm³/mol. The van der Waals surface area contributed by atoms with E-state index < -0.39 is 0 Å². The molecule has 16 heavy (non-hydrogen) atoms. The van der Waals surface area contributed by atoms with E-state index in [4.69, 9.17) is 5.11 Å². The van der Waals surface area contributed by atoms with Gasteiger partial charge in [-0.1, -0.05) is 12.1 Å². The van der Waals surface area contributed by atoms with Gasteiger partial charge in [0.05, 0.1) is 6.33 Å². The molecule has 1 aromatic heterocycles. The van der Waals surface area contributed by atoms with Crippen molar-refractivity contribution in [1.29, 1.82) is 0 Å². The summed E-state index contributed by atoms with van der Waals surface area (Å²) in [6.07, 6.45) is 4.44. The first kappa shape index (κ1) is 10.7. The molecule has 0 fully saturated rings. The summed E-state index contributed by atoms with van der Waals surface area (Å²) in [5.74, 6) is 0.314. The molecule has 0 aliphatic rings. The van der Waals surface area contributed by atoms with Crippen molar-refractivity contribution >= 4 is 0 Å². The van der Waals surface area contributed by atoms with Crippen molar-refractivity contribution in [1.82, 2.24) is 15.3 Å². The number of hydrogen-bond acceptors (Lipinski definition) is 3. The van der Waals surface area contributed by atoms with Crippen LogP contribution >= 0.6 is 0 Å². The lowest BCUT2D eigenvalue weighted by molar-refractivity contribution is 0.475. The Hall–Kier alpha value is -1.81. The summed E-state index contributed by atoms with van der Waals surface area (Å²) in [7, 11) is 0. The molecule has 0 amide bonds. The van der Waals surface area contributed by atoms with E-state index in [1.807, 2.05) is 18.3 Å². The van der Waals surface area contributed by atoms with Crippen LogP contribution in [0.15, 0.2) is 36.8 Å². The van der Waals surface area contributed by atoms with Gasteiger partial charge < -0.3 is 15.4 Å². The summed E-state index contributed by atoms with van der Waals surface area (Å²) in [6, 6.07) is 7.30. The summed E-state index contributed by atoms with van der Waals surface area (Å²) in [6.45, 7) is 1.71. The summed E-state index contributed by atoms with van der Waals surface area (Å²) in [5, 5.41) is 12.4. The third-order valence-corrected chi connectivity index (χ3v) is 2.40. The lowest BCUT2D eigenvalue weighted by atomic mass is 10.1. The van der Waals surface area contributed by atoms with E-state index in [0.29, 0.717) is 5.75 Å². The molecule has 0 spiro atoms. The highest BCUT2D eigenvalue weighted by molar-refractivity contribution is 5.25. The van der Waals surface area contributed by atoms with Gasteiger partial charge in [0.15, 0.2) is 0 Å². The molecule has 2 rings (SSSR count). The number of aromatic nitrogens is 2. The number of benzene rings is 1. The second kappa shape index (κ2) is 5.32. The Morgan fingerprint density at radius 1 is 1.25 bits per heavy atom. The highest BCUT2D eigenvalue weighted by Crippen LogP contribution is 2.09. The van der Waals surface area contributed by atoms with Gasteiger partial charge in [-0.15, -0.1) is 0 Å². The van der Waals surface area contributed by atoms with E-state index in [1.165, 1.54) is 5.56 Å². The zero-order valence-electron chi connectivity index (χ0n) is 8.98. The van der Waals surface area contributed by atoms with Gasteiger partial charge in [0.25, 0.3) is 0 Å². The van der Waals surface area contributed by atoms with E-state index in [2.05, 4.69) is 15.3 Å². The minimum atomic E-state index is 0.314. The smallest absolute Gasteiger partial charge is 0.115 e. The first-order valence-electron chi connectivity index (χ1n) is 5.30. The maximum atomic E-state index is 9.13. The quantitative estimate of drug-likeness (QED) is 0.664. The van der Waals surface area contributed by atoms with E-state index >= 15 is 0 Å².